The highest BCUT2D eigenvalue weighted by Crippen LogP contribution is 2.33. The van der Waals surface area contributed by atoms with Crippen molar-refractivity contribution < 1.29 is 12.8 Å². The average Bonchev–Trinajstić information content (AvgIpc) is 2.74. The first-order valence-electron chi connectivity index (χ1n) is 8.67. The van der Waals surface area contributed by atoms with Gasteiger partial charge in [-0.2, -0.15) is 0 Å². The molecule has 0 amide bonds. The molecule has 0 radical (unpaired) electrons. The molecule has 0 aliphatic carbocycles. The van der Waals surface area contributed by atoms with Crippen LogP contribution in [0.25, 0.3) is 22.4 Å². The van der Waals surface area contributed by atoms with Crippen molar-refractivity contribution in [3.8, 4) is 22.4 Å². The largest absolute Gasteiger partial charge is 0.382 e. The molecule has 0 fully saturated rings. The number of hydrogen-bond acceptors (Lipinski definition) is 8. The predicted molar refractivity (Wildman–Crippen MR) is 116 cm³/mol. The summed E-state index contributed by atoms with van der Waals surface area (Å²) >= 11 is 0. The van der Waals surface area contributed by atoms with Gasteiger partial charge in [0.25, 0.3) is 0 Å². The molecular weight excluding hydrogens is 443 g/mol. The van der Waals surface area contributed by atoms with E-state index in [0.717, 1.165) is 0 Å². The highest BCUT2D eigenvalue weighted by atomic mass is 35.5. The molecule has 2 aromatic carbocycles. The zero-order valence-electron chi connectivity index (χ0n) is 15.8. The van der Waals surface area contributed by atoms with Crippen molar-refractivity contribution in [2.24, 2.45) is 0 Å². The summed E-state index contributed by atoms with van der Waals surface area (Å²) in [4.78, 5) is 15.5. The lowest BCUT2D eigenvalue weighted by Gasteiger charge is -2.12. The van der Waals surface area contributed by atoms with Crippen molar-refractivity contribution in [2.75, 3.05) is 11.5 Å². The molecular formula is C20H16ClFN6O2S. The fraction of sp³-hybridized carbons (Fsp3) is 0. The van der Waals surface area contributed by atoms with Crippen molar-refractivity contribution in [2.45, 2.75) is 9.92 Å². The van der Waals surface area contributed by atoms with Crippen molar-refractivity contribution in [1.82, 2.24) is 19.9 Å². The van der Waals surface area contributed by atoms with Crippen LogP contribution < -0.4 is 11.5 Å². The van der Waals surface area contributed by atoms with Gasteiger partial charge in [0.15, 0.2) is 5.03 Å². The number of rotatable bonds is 4. The van der Waals surface area contributed by atoms with E-state index in [9.17, 15) is 12.8 Å². The van der Waals surface area contributed by atoms with Gasteiger partial charge in [0, 0.05) is 17.3 Å². The molecule has 8 nitrogen and oxygen atoms in total. The van der Waals surface area contributed by atoms with Crippen molar-refractivity contribution in [1.29, 1.82) is 0 Å². The molecule has 31 heavy (non-hydrogen) atoms. The summed E-state index contributed by atoms with van der Waals surface area (Å²) in [6.45, 7) is 0. The van der Waals surface area contributed by atoms with Crippen LogP contribution in [0.3, 0.4) is 0 Å². The Bertz CT molecular complexity index is 1350. The van der Waals surface area contributed by atoms with Crippen LogP contribution in [-0.4, -0.2) is 28.4 Å². The number of aromatic nitrogens is 4. The minimum absolute atomic E-state index is 0. The van der Waals surface area contributed by atoms with Crippen LogP contribution in [0.5, 0.6) is 0 Å². The number of anilines is 2. The lowest BCUT2D eigenvalue weighted by atomic mass is 10.0. The van der Waals surface area contributed by atoms with E-state index >= 15 is 0 Å². The Balaban J connectivity index is 0.00000272. The number of nitrogen functional groups attached to an aromatic ring is 2. The second-order valence-corrected chi connectivity index (χ2v) is 8.14. The van der Waals surface area contributed by atoms with E-state index in [1.165, 1.54) is 42.9 Å². The summed E-state index contributed by atoms with van der Waals surface area (Å²) in [7, 11) is -4.01. The molecule has 0 aliphatic rings. The molecule has 0 aliphatic heterocycles. The molecule has 0 saturated heterocycles. The first-order valence-corrected chi connectivity index (χ1v) is 10.1. The van der Waals surface area contributed by atoms with Gasteiger partial charge in [-0.3, -0.25) is 4.98 Å². The van der Waals surface area contributed by atoms with E-state index in [-0.39, 0.29) is 39.7 Å². The third-order valence-corrected chi connectivity index (χ3v) is 6.04. The first kappa shape index (κ1) is 22.1. The molecule has 4 rings (SSSR count). The minimum atomic E-state index is -4.01. The Morgan fingerprint density at radius 1 is 0.871 bits per heavy atom. The summed E-state index contributed by atoms with van der Waals surface area (Å²) in [5.41, 5.74) is 12.3. The SMILES string of the molecule is Cl.Nc1cnc(-c2ccc(-c3ccccc3S(=O)(=O)c3ccnc(N)n3)cc2F)cn1. The summed E-state index contributed by atoms with van der Waals surface area (Å²) in [6.07, 6.45) is 3.96. The number of nitrogens with zero attached hydrogens (tertiary/aromatic N) is 4. The fourth-order valence-corrected chi connectivity index (χ4v) is 4.34. The van der Waals surface area contributed by atoms with Crippen LogP contribution >= 0.6 is 12.4 Å². The van der Waals surface area contributed by atoms with E-state index < -0.39 is 15.7 Å². The summed E-state index contributed by atoms with van der Waals surface area (Å²) in [6, 6.07) is 11.9. The standard InChI is InChI=1S/C20H15FN6O2S.ClH/c21-15-9-12(5-6-14(15)16-10-26-18(22)11-25-16)13-3-1-2-4-17(13)30(28,29)19-7-8-24-20(23)27-19;/h1-11H,(H2,22,26)(H2,23,24,27);1H. The maximum atomic E-state index is 14.8. The number of sulfone groups is 1. The van der Waals surface area contributed by atoms with Crippen LogP contribution in [0.15, 0.2) is 77.0 Å². The van der Waals surface area contributed by atoms with Gasteiger partial charge in [-0.25, -0.2) is 27.8 Å². The van der Waals surface area contributed by atoms with Gasteiger partial charge in [-0.05, 0) is 29.8 Å². The van der Waals surface area contributed by atoms with Crippen LogP contribution in [0.4, 0.5) is 16.2 Å². The van der Waals surface area contributed by atoms with Gasteiger partial charge in [-0.15, -0.1) is 12.4 Å². The molecule has 11 heteroatoms. The highest BCUT2D eigenvalue weighted by molar-refractivity contribution is 7.91. The third kappa shape index (κ3) is 4.30. The lowest BCUT2D eigenvalue weighted by Crippen LogP contribution is -2.08. The maximum Gasteiger partial charge on any atom is 0.224 e. The Morgan fingerprint density at radius 2 is 1.65 bits per heavy atom. The van der Waals surface area contributed by atoms with Gasteiger partial charge >= 0.3 is 0 Å². The Labute approximate surface area is 183 Å². The molecule has 0 atom stereocenters. The van der Waals surface area contributed by atoms with Gasteiger partial charge in [0.2, 0.25) is 15.8 Å². The Hall–Kier alpha value is -3.63. The summed E-state index contributed by atoms with van der Waals surface area (Å²) < 4.78 is 41.1. The molecule has 4 N–H and O–H groups in total. The molecule has 0 unspecified atom stereocenters. The van der Waals surface area contributed by atoms with E-state index in [1.807, 2.05) is 0 Å². The van der Waals surface area contributed by atoms with Crippen LogP contribution in [-0.2, 0) is 9.84 Å². The zero-order valence-corrected chi connectivity index (χ0v) is 17.4. The maximum absolute atomic E-state index is 14.8. The second kappa shape index (κ2) is 8.62. The Morgan fingerprint density at radius 3 is 2.32 bits per heavy atom. The molecule has 0 bridgehead atoms. The van der Waals surface area contributed by atoms with Gasteiger partial charge in [0.1, 0.15) is 11.6 Å². The number of hydrogen-bond donors (Lipinski definition) is 2. The monoisotopic (exact) mass is 458 g/mol. The second-order valence-electron chi connectivity index (χ2n) is 6.27. The topological polar surface area (TPSA) is 138 Å². The Kier molecular flexibility index (Phi) is 6.14. The quantitative estimate of drug-likeness (QED) is 0.445. The van der Waals surface area contributed by atoms with Gasteiger partial charge in [0.05, 0.1) is 23.0 Å². The number of nitrogens with two attached hydrogens (primary N) is 2. The normalized spacial score (nSPS) is 11.0. The zero-order chi connectivity index (χ0) is 21.3. The van der Waals surface area contributed by atoms with Crippen molar-refractivity contribution in [3.63, 3.8) is 0 Å². The molecule has 4 aromatic rings. The van der Waals surface area contributed by atoms with E-state index in [1.54, 1.807) is 24.3 Å². The molecule has 0 spiro atoms. The lowest BCUT2D eigenvalue weighted by molar-refractivity contribution is 0.592. The predicted octanol–water partition coefficient (Wildman–Crippen LogP) is 3.16. The average molecular weight is 459 g/mol. The molecule has 2 heterocycles. The third-order valence-electron chi connectivity index (χ3n) is 4.33. The summed E-state index contributed by atoms with van der Waals surface area (Å²) in [5, 5.41) is -0.239. The van der Waals surface area contributed by atoms with E-state index in [4.69, 9.17) is 11.5 Å². The van der Waals surface area contributed by atoms with E-state index in [0.29, 0.717) is 16.8 Å². The minimum Gasteiger partial charge on any atom is -0.382 e. The van der Waals surface area contributed by atoms with Gasteiger partial charge < -0.3 is 11.5 Å². The fourth-order valence-electron chi connectivity index (χ4n) is 2.93. The van der Waals surface area contributed by atoms with Crippen LogP contribution in [0, 0.1) is 5.82 Å². The summed E-state index contributed by atoms with van der Waals surface area (Å²) in [5.74, 6) is -0.515. The first-order chi connectivity index (χ1) is 14.4. The van der Waals surface area contributed by atoms with E-state index in [2.05, 4.69) is 19.9 Å². The van der Waals surface area contributed by atoms with Crippen LogP contribution in [0.2, 0.25) is 0 Å². The molecule has 2 aromatic heterocycles. The molecule has 0 saturated carbocycles. The van der Waals surface area contributed by atoms with Crippen LogP contribution in [0.1, 0.15) is 0 Å². The smallest absolute Gasteiger partial charge is 0.224 e. The number of benzene rings is 2. The number of halogens is 2. The van der Waals surface area contributed by atoms with Crippen molar-refractivity contribution >= 4 is 34.0 Å². The highest BCUT2D eigenvalue weighted by Gasteiger charge is 2.24. The molecule has 158 valence electrons. The van der Waals surface area contributed by atoms with Gasteiger partial charge in [-0.1, -0.05) is 24.3 Å². The van der Waals surface area contributed by atoms with Crippen molar-refractivity contribution in [3.05, 3.63) is 72.9 Å².